The molecule has 0 aliphatic rings. The van der Waals surface area contributed by atoms with E-state index in [-0.39, 0.29) is 5.56 Å². The van der Waals surface area contributed by atoms with Crippen LogP contribution in [0.3, 0.4) is 0 Å². The first-order valence-electron chi connectivity index (χ1n) is 3.36. The number of benzene rings is 1. The zero-order valence-corrected chi connectivity index (χ0v) is 6.53. The summed E-state index contributed by atoms with van der Waals surface area (Å²) in [5, 5.41) is 8.63. The highest BCUT2D eigenvalue weighted by Crippen LogP contribution is 2.16. The Morgan fingerprint density at radius 2 is 2.17 bits per heavy atom. The van der Waals surface area contributed by atoms with Crippen LogP contribution in [0.2, 0.25) is 0 Å². The standard InChI is InChI=1S/C9H7NO2/c1-6-3-7(9(11)12)5-8(4-6)10-2/h3-5H,1H3,(H,11,12). The van der Waals surface area contributed by atoms with Crippen molar-refractivity contribution in [1.82, 2.24) is 0 Å². The lowest BCUT2D eigenvalue weighted by molar-refractivity contribution is 0.0697. The van der Waals surface area contributed by atoms with E-state index in [0.29, 0.717) is 5.69 Å². The van der Waals surface area contributed by atoms with Gasteiger partial charge < -0.3 is 5.11 Å². The van der Waals surface area contributed by atoms with Crippen LogP contribution < -0.4 is 0 Å². The van der Waals surface area contributed by atoms with Crippen LogP contribution in [0.4, 0.5) is 5.69 Å². The zero-order chi connectivity index (χ0) is 9.14. The summed E-state index contributed by atoms with van der Waals surface area (Å²) in [6, 6.07) is 4.55. The first-order valence-corrected chi connectivity index (χ1v) is 3.36. The molecule has 0 unspecified atom stereocenters. The maximum atomic E-state index is 10.5. The monoisotopic (exact) mass is 161 g/mol. The molecule has 0 spiro atoms. The van der Waals surface area contributed by atoms with Crippen LogP contribution in [-0.4, -0.2) is 11.1 Å². The first-order chi connectivity index (χ1) is 5.63. The van der Waals surface area contributed by atoms with Crippen molar-refractivity contribution in [1.29, 1.82) is 0 Å². The molecule has 3 nitrogen and oxygen atoms in total. The summed E-state index contributed by atoms with van der Waals surface area (Å²) in [4.78, 5) is 13.7. The van der Waals surface area contributed by atoms with Crippen LogP contribution >= 0.6 is 0 Å². The van der Waals surface area contributed by atoms with Crippen molar-refractivity contribution in [2.24, 2.45) is 0 Å². The van der Waals surface area contributed by atoms with Crippen LogP contribution in [0.5, 0.6) is 0 Å². The quantitative estimate of drug-likeness (QED) is 0.642. The third kappa shape index (κ3) is 1.61. The molecule has 0 atom stereocenters. The number of aromatic carboxylic acids is 1. The molecule has 0 aliphatic heterocycles. The second kappa shape index (κ2) is 3.05. The molecule has 0 radical (unpaired) electrons. The number of hydrogen-bond donors (Lipinski definition) is 1. The molecular weight excluding hydrogens is 154 g/mol. The second-order valence-electron chi connectivity index (χ2n) is 2.47. The van der Waals surface area contributed by atoms with Gasteiger partial charge in [-0.05, 0) is 19.1 Å². The van der Waals surface area contributed by atoms with Gasteiger partial charge in [-0.15, -0.1) is 0 Å². The lowest BCUT2D eigenvalue weighted by atomic mass is 10.1. The molecule has 0 bridgehead atoms. The lowest BCUT2D eigenvalue weighted by Gasteiger charge is -1.97. The van der Waals surface area contributed by atoms with Gasteiger partial charge in [0.2, 0.25) is 0 Å². The minimum Gasteiger partial charge on any atom is -0.478 e. The number of hydrogen-bond acceptors (Lipinski definition) is 1. The fourth-order valence-electron chi connectivity index (χ4n) is 0.951. The molecule has 0 aromatic heterocycles. The van der Waals surface area contributed by atoms with E-state index >= 15 is 0 Å². The minimum atomic E-state index is -0.997. The number of carboxylic acids is 1. The Morgan fingerprint density at radius 3 is 2.67 bits per heavy atom. The van der Waals surface area contributed by atoms with Gasteiger partial charge in [0.25, 0.3) is 0 Å². The van der Waals surface area contributed by atoms with Gasteiger partial charge in [0, 0.05) is 5.56 Å². The normalized spacial score (nSPS) is 9.00. The summed E-state index contributed by atoms with van der Waals surface area (Å²) in [6.45, 7) is 8.48. The number of rotatable bonds is 1. The van der Waals surface area contributed by atoms with Crippen LogP contribution in [0.15, 0.2) is 18.2 Å². The molecular formula is C9H7NO2. The Hall–Kier alpha value is -1.82. The van der Waals surface area contributed by atoms with E-state index in [2.05, 4.69) is 4.85 Å². The third-order valence-electron chi connectivity index (χ3n) is 1.44. The molecule has 1 N–H and O–H groups in total. The van der Waals surface area contributed by atoms with Crippen molar-refractivity contribution in [3.63, 3.8) is 0 Å². The maximum absolute atomic E-state index is 10.5. The first kappa shape index (κ1) is 8.28. The van der Waals surface area contributed by atoms with Gasteiger partial charge in [0.15, 0.2) is 5.69 Å². The fourth-order valence-corrected chi connectivity index (χ4v) is 0.951. The molecule has 0 amide bonds. The fraction of sp³-hybridized carbons (Fsp3) is 0.111. The predicted molar refractivity (Wildman–Crippen MR) is 44.4 cm³/mol. The van der Waals surface area contributed by atoms with E-state index in [4.69, 9.17) is 11.7 Å². The average Bonchev–Trinajstić information content (AvgIpc) is 2.03. The topological polar surface area (TPSA) is 41.7 Å². The van der Waals surface area contributed by atoms with E-state index in [1.54, 1.807) is 13.0 Å². The Bertz CT molecular complexity index is 363. The highest BCUT2D eigenvalue weighted by atomic mass is 16.4. The van der Waals surface area contributed by atoms with Crippen molar-refractivity contribution >= 4 is 11.7 Å². The molecule has 0 saturated heterocycles. The molecule has 3 heteroatoms. The summed E-state index contributed by atoms with van der Waals surface area (Å²) >= 11 is 0. The van der Waals surface area contributed by atoms with E-state index in [9.17, 15) is 4.79 Å². The van der Waals surface area contributed by atoms with Crippen LogP contribution in [0, 0.1) is 13.5 Å². The Balaban J connectivity index is 3.26. The summed E-state index contributed by atoms with van der Waals surface area (Å²) in [5.41, 5.74) is 1.33. The highest BCUT2D eigenvalue weighted by Gasteiger charge is 2.03. The largest absolute Gasteiger partial charge is 0.478 e. The molecule has 1 aromatic rings. The summed E-state index contributed by atoms with van der Waals surface area (Å²) < 4.78 is 0. The van der Waals surface area contributed by atoms with Crippen molar-refractivity contribution in [2.45, 2.75) is 6.92 Å². The van der Waals surface area contributed by atoms with Gasteiger partial charge in [0.1, 0.15) is 0 Å². The molecule has 0 fully saturated rings. The van der Waals surface area contributed by atoms with Crippen molar-refractivity contribution in [3.8, 4) is 0 Å². The van der Waals surface area contributed by atoms with Gasteiger partial charge in [-0.3, -0.25) is 0 Å². The molecule has 0 aliphatic carbocycles. The molecule has 1 rings (SSSR count). The number of carbonyl (C=O) groups is 1. The molecule has 12 heavy (non-hydrogen) atoms. The smallest absolute Gasteiger partial charge is 0.334 e. The SMILES string of the molecule is [C-]#[N+]c1cc(C)cc(C(=O)O)c1. The number of carboxylic acid groups (broad SMARTS) is 1. The maximum Gasteiger partial charge on any atom is 0.334 e. The molecule has 0 heterocycles. The van der Waals surface area contributed by atoms with Gasteiger partial charge in [-0.1, -0.05) is 11.6 Å². The average molecular weight is 161 g/mol. The van der Waals surface area contributed by atoms with Crippen LogP contribution in [-0.2, 0) is 0 Å². The summed E-state index contributed by atoms with van der Waals surface area (Å²) in [6.07, 6.45) is 0. The Morgan fingerprint density at radius 1 is 1.50 bits per heavy atom. The van der Waals surface area contributed by atoms with E-state index in [1.807, 2.05) is 0 Å². The van der Waals surface area contributed by atoms with Gasteiger partial charge in [0.05, 0.1) is 6.57 Å². The highest BCUT2D eigenvalue weighted by molar-refractivity contribution is 5.89. The van der Waals surface area contributed by atoms with Crippen LogP contribution in [0.25, 0.3) is 4.85 Å². The predicted octanol–water partition coefficient (Wildman–Crippen LogP) is 2.24. The Labute approximate surface area is 70.1 Å². The van der Waals surface area contributed by atoms with E-state index in [1.165, 1.54) is 12.1 Å². The summed E-state index contributed by atoms with van der Waals surface area (Å²) in [5.74, 6) is -0.997. The van der Waals surface area contributed by atoms with E-state index < -0.39 is 5.97 Å². The zero-order valence-electron chi connectivity index (χ0n) is 6.53. The number of aryl methyl sites for hydroxylation is 1. The summed E-state index contributed by atoms with van der Waals surface area (Å²) in [7, 11) is 0. The third-order valence-corrected chi connectivity index (χ3v) is 1.44. The van der Waals surface area contributed by atoms with Crippen molar-refractivity contribution in [3.05, 3.63) is 40.7 Å². The van der Waals surface area contributed by atoms with Crippen LogP contribution in [0.1, 0.15) is 15.9 Å². The second-order valence-corrected chi connectivity index (χ2v) is 2.47. The van der Waals surface area contributed by atoms with E-state index in [0.717, 1.165) is 5.56 Å². The lowest BCUT2D eigenvalue weighted by Crippen LogP contribution is -1.95. The molecule has 60 valence electrons. The van der Waals surface area contributed by atoms with Gasteiger partial charge in [-0.2, -0.15) is 0 Å². The molecule has 0 saturated carbocycles. The molecule has 1 aromatic carbocycles. The number of nitrogens with zero attached hydrogens (tertiary/aromatic N) is 1. The Kier molecular flexibility index (Phi) is 2.11. The van der Waals surface area contributed by atoms with Gasteiger partial charge in [-0.25, -0.2) is 9.64 Å². The van der Waals surface area contributed by atoms with Crippen molar-refractivity contribution < 1.29 is 9.90 Å². The van der Waals surface area contributed by atoms with Crippen molar-refractivity contribution in [2.75, 3.05) is 0 Å². The minimum absolute atomic E-state index is 0.168. The van der Waals surface area contributed by atoms with Gasteiger partial charge >= 0.3 is 5.97 Å².